The molecule has 6 rings (SSSR count). The Labute approximate surface area is 432 Å². The van der Waals surface area contributed by atoms with Gasteiger partial charge < -0.3 is 154 Å². The molecule has 33 nitrogen and oxygen atoms in total. The van der Waals surface area contributed by atoms with Crippen LogP contribution in [-0.4, -0.2) is 328 Å². The largest absolute Gasteiger partial charge is 0.410 e. The zero-order valence-corrected chi connectivity index (χ0v) is 41.1. The predicted molar refractivity (Wildman–Crippen MR) is 234 cm³/mol. The summed E-state index contributed by atoms with van der Waals surface area (Å²) in [6.45, 7) is -2.30. The van der Waals surface area contributed by atoms with Gasteiger partial charge in [0.1, 0.15) is 134 Å². The molecule has 0 aromatic carbocycles. The van der Waals surface area contributed by atoms with Crippen LogP contribution in [0.4, 0.5) is 0 Å². The Balaban J connectivity index is 1.24. The highest BCUT2D eigenvalue weighted by Gasteiger charge is 2.60. The number of hydrogen-bond acceptors (Lipinski definition) is 32. The van der Waals surface area contributed by atoms with Crippen molar-refractivity contribution >= 4 is 12.4 Å². The minimum atomic E-state index is -2.79. The van der Waals surface area contributed by atoms with Crippen molar-refractivity contribution in [3.63, 3.8) is 0 Å². The summed E-state index contributed by atoms with van der Waals surface area (Å²) in [4.78, 5) is 24.7. The molecule has 76 heavy (non-hydrogen) atoms. The molecule has 0 aliphatic carbocycles. The molecule has 33 heteroatoms. The molecule has 31 atom stereocenters. The Kier molecular flexibility index (Phi) is 22.4. The van der Waals surface area contributed by atoms with E-state index < -0.39 is 242 Å². The molecule has 6 fully saturated rings. The van der Waals surface area contributed by atoms with Crippen LogP contribution < -0.4 is 5.32 Å². The number of amides is 1. The smallest absolute Gasteiger partial charge is 0.332 e. The second-order valence-electron chi connectivity index (χ2n) is 19.4. The molecule has 11 unspecified atom stereocenters. The Bertz CT molecular complexity index is 1810. The number of hydrogen-bond donors (Lipinski definition) is 19. The Morgan fingerprint density at radius 2 is 1.00 bits per heavy atom. The summed E-state index contributed by atoms with van der Waals surface area (Å²) in [5, 5.41) is 196. The van der Waals surface area contributed by atoms with E-state index in [9.17, 15) is 102 Å². The third-order valence-electron chi connectivity index (χ3n) is 14.3. The normalized spacial score (nSPS) is 49.1. The summed E-state index contributed by atoms with van der Waals surface area (Å²) >= 11 is 0. The first kappa shape index (κ1) is 63.0. The fraction of sp³-hybridized carbons (Fsp3) is 0.953. The molecule has 1 amide bonds. The van der Waals surface area contributed by atoms with Crippen LogP contribution in [0.1, 0.15) is 27.2 Å². The van der Waals surface area contributed by atoms with Crippen LogP contribution in [0.3, 0.4) is 0 Å². The van der Waals surface area contributed by atoms with E-state index in [4.69, 9.17) is 56.8 Å². The Morgan fingerprint density at radius 1 is 0.566 bits per heavy atom. The van der Waals surface area contributed by atoms with Crippen molar-refractivity contribution in [1.29, 1.82) is 0 Å². The number of carbonyl (C=O) groups is 2. The van der Waals surface area contributed by atoms with Crippen molar-refractivity contribution in [2.24, 2.45) is 5.92 Å². The molecule has 0 aromatic rings. The van der Waals surface area contributed by atoms with Crippen LogP contribution in [0, 0.1) is 5.92 Å². The van der Waals surface area contributed by atoms with E-state index in [0.717, 1.165) is 6.92 Å². The van der Waals surface area contributed by atoms with Crippen molar-refractivity contribution in [2.75, 3.05) is 39.6 Å². The second-order valence-corrected chi connectivity index (χ2v) is 19.4. The fourth-order valence-corrected chi connectivity index (χ4v) is 9.95. The molecule has 0 aromatic heterocycles. The van der Waals surface area contributed by atoms with Gasteiger partial charge in [-0.2, -0.15) is 0 Å². The van der Waals surface area contributed by atoms with Crippen LogP contribution in [-0.2, 0) is 66.4 Å². The fourth-order valence-electron chi connectivity index (χ4n) is 9.95. The molecule has 6 aliphatic rings. The first-order chi connectivity index (χ1) is 35.9. The van der Waals surface area contributed by atoms with Crippen LogP contribution in [0.25, 0.3) is 0 Å². The van der Waals surface area contributed by atoms with Gasteiger partial charge >= 0.3 is 5.97 Å². The highest BCUT2D eigenvalue weighted by Crippen LogP contribution is 2.41. The Hall–Kier alpha value is -2.22. The summed E-state index contributed by atoms with van der Waals surface area (Å²) in [6, 6.07) is -1.84. The van der Waals surface area contributed by atoms with Gasteiger partial charge in [-0.3, -0.25) is 9.59 Å². The number of rotatable bonds is 21. The maximum atomic E-state index is 12.8. The zero-order valence-electron chi connectivity index (χ0n) is 41.1. The van der Waals surface area contributed by atoms with E-state index in [0.29, 0.717) is 0 Å². The van der Waals surface area contributed by atoms with Gasteiger partial charge in [0, 0.05) is 12.8 Å². The summed E-state index contributed by atoms with van der Waals surface area (Å²) in [5.41, 5.74) is 0. The van der Waals surface area contributed by atoms with Crippen molar-refractivity contribution < 1.29 is 158 Å². The number of ether oxygens (including phenoxy) is 12. The monoisotopic (exact) mass is 1120 g/mol. The SMILES string of the molecule is CC(=O)NC1[C@H](O[C@@H]2C(O)[C@@H](O[C@H]3C(CO)O[C@@H](O[C@@H]4C(CO)O[C@@H](C)C(O)[C@H]4O)C(O)[C@H]3O)OC(CO)[C@@H]2O)OC(CO)[C@H](O)[C@@H]1O[C@@H]1OC(CO)[C@H](O)[C@H](O[C@]2(OC=O)C[C@@H](O)[C@@H](C)C([C@H](O)[C@H](O)CO)O2)C1O. The van der Waals surface area contributed by atoms with Crippen molar-refractivity contribution in [3.05, 3.63) is 0 Å². The predicted octanol–water partition coefficient (Wildman–Crippen LogP) is -12.4. The quantitative estimate of drug-likeness (QED) is 0.0375. The first-order valence-corrected chi connectivity index (χ1v) is 24.4. The van der Waals surface area contributed by atoms with Crippen molar-refractivity contribution in [1.82, 2.24) is 5.32 Å². The standard InChI is InChI=1S/C43H73NO32/c1-12-15(53)4-43(65-11-51,75-33(12)24(56)16(54)5-45)76-38-27(59)19(8-48)69-42(32(38)64)73-36-22(44-14(3)52)39(67-17(6-46)25(36)57)74-37-26(58)18(7-47)68-41(31(37)63)72-35-21(10-50)70-40(30(62)29(35)61)71-34-20(9-49)66-13(2)23(55)28(34)60/h11-13,15-42,45-50,53-64H,4-10H2,1-3H3,(H,44,52)/t12-,13+,15-,16-,17?,18?,19?,20?,21?,22?,23?,24-,25+,26+,27+,28-,29-,30?,31?,32?,33?,34-,35+,36-,37+,38+,39+,40+,41-,42+,43+/m1/s1. The number of aliphatic hydroxyl groups is 18. The van der Waals surface area contributed by atoms with E-state index in [1.165, 1.54) is 13.8 Å². The maximum absolute atomic E-state index is 12.8. The number of carbonyl (C=O) groups excluding carboxylic acids is 2. The minimum absolute atomic E-state index is 0.210. The van der Waals surface area contributed by atoms with Gasteiger partial charge in [-0.05, 0) is 6.92 Å². The molecular formula is C43H73NO32. The third kappa shape index (κ3) is 13.2. The molecule has 6 saturated heterocycles. The van der Waals surface area contributed by atoms with E-state index in [2.05, 4.69) is 5.32 Å². The van der Waals surface area contributed by atoms with Gasteiger partial charge in [0.05, 0.1) is 64.4 Å². The molecule has 442 valence electrons. The second kappa shape index (κ2) is 27.0. The van der Waals surface area contributed by atoms with Crippen LogP contribution >= 0.6 is 0 Å². The van der Waals surface area contributed by atoms with Gasteiger partial charge in [-0.15, -0.1) is 0 Å². The lowest BCUT2D eigenvalue weighted by atomic mass is 9.86. The topological polar surface area (TPSA) is 521 Å². The van der Waals surface area contributed by atoms with E-state index in [1.54, 1.807) is 0 Å². The minimum Gasteiger partial charge on any atom is -0.410 e. The third-order valence-corrected chi connectivity index (χ3v) is 14.3. The molecule has 0 saturated carbocycles. The van der Waals surface area contributed by atoms with Gasteiger partial charge in [0.15, 0.2) is 25.2 Å². The summed E-state index contributed by atoms with van der Waals surface area (Å²) in [6.07, 6.45) is -52.8. The van der Waals surface area contributed by atoms with E-state index in [-0.39, 0.29) is 6.47 Å². The lowest BCUT2D eigenvalue weighted by molar-refractivity contribution is -0.448. The Morgan fingerprint density at radius 3 is 1.51 bits per heavy atom. The van der Waals surface area contributed by atoms with Crippen LogP contribution in [0.2, 0.25) is 0 Å². The molecule has 6 aliphatic heterocycles. The van der Waals surface area contributed by atoms with Gasteiger partial charge in [-0.25, -0.2) is 0 Å². The summed E-state index contributed by atoms with van der Waals surface area (Å²) in [7, 11) is 0. The van der Waals surface area contributed by atoms with E-state index >= 15 is 0 Å². The molecule has 6 heterocycles. The highest BCUT2D eigenvalue weighted by molar-refractivity contribution is 5.73. The lowest BCUT2D eigenvalue weighted by Gasteiger charge is -2.51. The molecular weight excluding hydrogens is 1040 g/mol. The molecule has 0 radical (unpaired) electrons. The van der Waals surface area contributed by atoms with E-state index in [1.807, 2.05) is 0 Å². The molecule has 0 spiro atoms. The van der Waals surface area contributed by atoms with Gasteiger partial charge in [0.25, 0.3) is 6.47 Å². The van der Waals surface area contributed by atoms with Crippen LogP contribution in [0.15, 0.2) is 0 Å². The maximum Gasteiger partial charge on any atom is 0.332 e. The zero-order chi connectivity index (χ0) is 56.2. The number of aliphatic hydroxyl groups excluding tert-OH is 18. The molecule has 19 N–H and O–H groups in total. The van der Waals surface area contributed by atoms with Crippen LogP contribution in [0.5, 0.6) is 0 Å². The summed E-state index contributed by atoms with van der Waals surface area (Å²) in [5.74, 6) is -4.72. The lowest BCUT2D eigenvalue weighted by Crippen LogP contribution is -2.70. The average Bonchev–Trinajstić information content (AvgIpc) is 3.39. The first-order valence-electron chi connectivity index (χ1n) is 24.4. The average molecular weight is 1120 g/mol. The van der Waals surface area contributed by atoms with Crippen molar-refractivity contribution in [3.8, 4) is 0 Å². The van der Waals surface area contributed by atoms with Gasteiger partial charge in [-0.1, -0.05) is 6.92 Å². The summed E-state index contributed by atoms with van der Waals surface area (Å²) < 4.78 is 68.4. The number of nitrogens with one attached hydrogen (secondary N) is 1. The molecule has 0 bridgehead atoms. The highest BCUT2D eigenvalue weighted by atomic mass is 16.9. The van der Waals surface area contributed by atoms with Gasteiger partial charge in [0.2, 0.25) is 5.91 Å². The van der Waals surface area contributed by atoms with Crippen molar-refractivity contribution in [2.45, 2.75) is 211 Å².